The van der Waals surface area contributed by atoms with E-state index in [-0.39, 0.29) is 11.9 Å². The molecule has 2 unspecified atom stereocenters. The Bertz CT molecular complexity index is 898. The molecule has 2 atom stereocenters. The summed E-state index contributed by atoms with van der Waals surface area (Å²) in [6.07, 6.45) is 2.79. The van der Waals surface area contributed by atoms with Crippen molar-refractivity contribution in [3.63, 3.8) is 0 Å². The first-order valence-electron chi connectivity index (χ1n) is 11.5. The van der Waals surface area contributed by atoms with Crippen molar-refractivity contribution < 1.29 is 9.59 Å². The lowest BCUT2D eigenvalue weighted by Crippen LogP contribution is -2.64. The highest BCUT2D eigenvalue weighted by molar-refractivity contribution is 6.30. The van der Waals surface area contributed by atoms with Gasteiger partial charge in [0.1, 0.15) is 5.84 Å². The summed E-state index contributed by atoms with van der Waals surface area (Å²) in [7, 11) is 1.71. The molecule has 32 heavy (non-hydrogen) atoms. The summed E-state index contributed by atoms with van der Waals surface area (Å²) in [5, 5.41) is 3.24. The Balaban J connectivity index is 1.44. The fourth-order valence-corrected chi connectivity index (χ4v) is 4.95. The number of carbonyl (C=O) groups excluding carboxylic acids is 2. The summed E-state index contributed by atoms with van der Waals surface area (Å²) in [5.74, 6) is 0.676. The number of piperazine rings is 1. The number of anilines is 1. The SMILES string of the molecule is CCCCCN1C(CN2CCN(c3cc(Cl)ccc3C)CC2)=NC2C1C(=O)NC(=O)N2C. The molecule has 0 aliphatic carbocycles. The van der Waals surface area contributed by atoms with E-state index < -0.39 is 12.2 Å². The summed E-state index contributed by atoms with van der Waals surface area (Å²) in [5.41, 5.74) is 2.42. The van der Waals surface area contributed by atoms with Crippen LogP contribution >= 0.6 is 11.6 Å². The Hall–Kier alpha value is -2.32. The standard InChI is InChI=1S/C23H33ClN6O2/c1-4-5-6-9-30-19(25-21-20(30)22(31)26-23(32)27(21)3)15-28-10-12-29(13-11-28)18-14-17(24)8-7-16(18)2/h7-8,14,20-21H,4-6,9-13,15H2,1-3H3,(H,26,31,32). The monoisotopic (exact) mass is 460 g/mol. The van der Waals surface area contributed by atoms with Crippen molar-refractivity contribution in [1.29, 1.82) is 0 Å². The number of rotatable bonds is 7. The van der Waals surface area contributed by atoms with Gasteiger partial charge in [0.15, 0.2) is 12.2 Å². The summed E-state index contributed by atoms with van der Waals surface area (Å²) in [6.45, 7) is 9.40. The number of urea groups is 1. The highest BCUT2D eigenvalue weighted by Gasteiger charge is 2.48. The third kappa shape index (κ3) is 4.57. The van der Waals surface area contributed by atoms with Gasteiger partial charge in [-0.15, -0.1) is 0 Å². The number of aryl methyl sites for hydroxylation is 1. The number of nitrogens with zero attached hydrogens (tertiary/aromatic N) is 5. The molecule has 2 fully saturated rings. The molecule has 1 aromatic rings. The van der Waals surface area contributed by atoms with Crippen LogP contribution in [-0.4, -0.2) is 91.0 Å². The van der Waals surface area contributed by atoms with Gasteiger partial charge >= 0.3 is 6.03 Å². The molecule has 0 saturated carbocycles. The normalized spacial score (nSPS) is 24.0. The van der Waals surface area contributed by atoms with Gasteiger partial charge in [0, 0.05) is 50.5 Å². The lowest BCUT2D eigenvalue weighted by molar-refractivity contribution is -0.127. The minimum atomic E-state index is -0.441. The number of amidine groups is 1. The van der Waals surface area contributed by atoms with Gasteiger partial charge in [0.2, 0.25) is 0 Å². The molecule has 0 aromatic heterocycles. The number of aliphatic imine (C=N–C) groups is 1. The van der Waals surface area contributed by atoms with E-state index in [1.807, 2.05) is 12.1 Å². The summed E-state index contributed by atoms with van der Waals surface area (Å²) in [6, 6.07) is 5.23. The zero-order valence-corrected chi connectivity index (χ0v) is 19.9. The van der Waals surface area contributed by atoms with Crippen LogP contribution in [0.25, 0.3) is 0 Å². The number of hydrogen-bond donors (Lipinski definition) is 1. The average molecular weight is 461 g/mol. The van der Waals surface area contributed by atoms with Crippen LogP contribution in [0.1, 0.15) is 31.7 Å². The predicted octanol–water partition coefficient (Wildman–Crippen LogP) is 2.55. The highest BCUT2D eigenvalue weighted by Crippen LogP contribution is 2.27. The maximum atomic E-state index is 12.7. The number of likely N-dealkylation sites (N-methyl/N-ethyl adjacent to an activating group) is 1. The lowest BCUT2D eigenvalue weighted by Gasteiger charge is -2.39. The Labute approximate surface area is 195 Å². The van der Waals surface area contributed by atoms with Crippen molar-refractivity contribution in [2.75, 3.05) is 51.2 Å². The number of unbranched alkanes of at least 4 members (excludes halogenated alkanes) is 2. The van der Waals surface area contributed by atoms with Crippen LogP contribution in [0.5, 0.6) is 0 Å². The van der Waals surface area contributed by atoms with E-state index in [4.69, 9.17) is 16.6 Å². The van der Waals surface area contributed by atoms with Crippen molar-refractivity contribution in [2.24, 2.45) is 4.99 Å². The number of imide groups is 1. The molecule has 9 heteroatoms. The van der Waals surface area contributed by atoms with Crippen molar-refractivity contribution in [3.05, 3.63) is 28.8 Å². The summed E-state index contributed by atoms with van der Waals surface area (Å²) < 4.78 is 0. The number of hydrogen-bond acceptors (Lipinski definition) is 6. The molecule has 3 aliphatic rings. The van der Waals surface area contributed by atoms with Gasteiger partial charge in [0.05, 0.1) is 6.54 Å². The minimum Gasteiger partial charge on any atom is -0.369 e. The van der Waals surface area contributed by atoms with Gasteiger partial charge in [-0.1, -0.05) is 37.4 Å². The quantitative estimate of drug-likeness (QED) is 0.633. The summed E-state index contributed by atoms with van der Waals surface area (Å²) >= 11 is 6.22. The van der Waals surface area contributed by atoms with Crippen molar-refractivity contribution in [1.82, 2.24) is 20.0 Å². The Morgan fingerprint density at radius 2 is 1.91 bits per heavy atom. The van der Waals surface area contributed by atoms with Crippen LogP contribution < -0.4 is 10.2 Å². The first-order valence-corrected chi connectivity index (χ1v) is 11.9. The number of fused-ring (bicyclic) bond motifs is 1. The molecule has 2 saturated heterocycles. The molecule has 174 valence electrons. The summed E-state index contributed by atoms with van der Waals surface area (Å²) in [4.78, 5) is 38.1. The van der Waals surface area contributed by atoms with E-state index >= 15 is 0 Å². The second-order valence-electron chi connectivity index (χ2n) is 8.90. The zero-order valence-electron chi connectivity index (χ0n) is 19.2. The van der Waals surface area contributed by atoms with Gasteiger partial charge in [-0.05, 0) is 31.0 Å². The topological polar surface area (TPSA) is 71.5 Å². The molecule has 1 aromatic carbocycles. The fourth-order valence-electron chi connectivity index (χ4n) is 4.78. The zero-order chi connectivity index (χ0) is 22.8. The van der Waals surface area contributed by atoms with Crippen LogP contribution in [0.4, 0.5) is 10.5 Å². The molecule has 1 N–H and O–H groups in total. The third-order valence-corrected chi connectivity index (χ3v) is 6.93. The second-order valence-corrected chi connectivity index (χ2v) is 9.34. The minimum absolute atomic E-state index is 0.241. The average Bonchev–Trinajstić information content (AvgIpc) is 3.13. The van der Waals surface area contributed by atoms with E-state index in [1.54, 1.807) is 11.9 Å². The molecule has 3 aliphatic heterocycles. The Morgan fingerprint density at radius 3 is 2.62 bits per heavy atom. The van der Waals surface area contributed by atoms with Crippen LogP contribution in [0.2, 0.25) is 5.02 Å². The van der Waals surface area contributed by atoms with E-state index in [2.05, 4.69) is 39.9 Å². The number of carbonyl (C=O) groups is 2. The van der Waals surface area contributed by atoms with Crippen LogP contribution in [-0.2, 0) is 4.79 Å². The number of amides is 3. The predicted molar refractivity (Wildman–Crippen MR) is 127 cm³/mol. The van der Waals surface area contributed by atoms with E-state index in [9.17, 15) is 9.59 Å². The molecule has 3 amide bonds. The number of halogens is 1. The lowest BCUT2D eigenvalue weighted by atomic mass is 10.1. The van der Waals surface area contributed by atoms with Crippen molar-refractivity contribution in [2.45, 2.75) is 45.3 Å². The smallest absolute Gasteiger partial charge is 0.325 e. The number of nitrogens with one attached hydrogen (secondary N) is 1. The first kappa shape index (κ1) is 22.9. The molecule has 8 nitrogen and oxygen atoms in total. The fraction of sp³-hybridized carbons (Fsp3) is 0.609. The van der Waals surface area contributed by atoms with E-state index in [0.717, 1.165) is 62.8 Å². The van der Waals surface area contributed by atoms with E-state index in [1.165, 1.54) is 11.3 Å². The van der Waals surface area contributed by atoms with Crippen molar-refractivity contribution >= 4 is 35.1 Å². The first-order chi connectivity index (χ1) is 15.4. The van der Waals surface area contributed by atoms with Gasteiger partial charge in [0.25, 0.3) is 5.91 Å². The van der Waals surface area contributed by atoms with Gasteiger partial charge in [-0.3, -0.25) is 15.0 Å². The molecule has 3 heterocycles. The Kier molecular flexibility index (Phi) is 6.90. The largest absolute Gasteiger partial charge is 0.369 e. The van der Waals surface area contributed by atoms with Gasteiger partial charge in [-0.25, -0.2) is 9.79 Å². The molecular weight excluding hydrogens is 428 g/mol. The number of benzene rings is 1. The Morgan fingerprint density at radius 1 is 1.16 bits per heavy atom. The van der Waals surface area contributed by atoms with Gasteiger partial charge in [-0.2, -0.15) is 0 Å². The molecule has 4 rings (SSSR count). The van der Waals surface area contributed by atoms with Crippen LogP contribution in [0, 0.1) is 6.92 Å². The van der Waals surface area contributed by atoms with E-state index in [0.29, 0.717) is 6.54 Å². The molecule has 0 spiro atoms. The van der Waals surface area contributed by atoms with Crippen molar-refractivity contribution in [3.8, 4) is 0 Å². The second kappa shape index (κ2) is 9.67. The molecule has 0 radical (unpaired) electrons. The third-order valence-electron chi connectivity index (χ3n) is 6.70. The molecular formula is C23H33ClN6O2. The maximum absolute atomic E-state index is 12.7. The maximum Gasteiger partial charge on any atom is 0.325 e. The van der Waals surface area contributed by atoms with Crippen LogP contribution in [0.3, 0.4) is 0 Å². The van der Waals surface area contributed by atoms with Crippen LogP contribution in [0.15, 0.2) is 23.2 Å². The van der Waals surface area contributed by atoms with Gasteiger partial charge < -0.3 is 14.7 Å². The molecule has 0 bridgehead atoms. The highest BCUT2D eigenvalue weighted by atomic mass is 35.5.